The summed E-state index contributed by atoms with van der Waals surface area (Å²) < 4.78 is 5.86. The van der Waals surface area contributed by atoms with Crippen molar-refractivity contribution < 1.29 is 4.74 Å². The van der Waals surface area contributed by atoms with E-state index in [-0.39, 0.29) is 5.41 Å². The fourth-order valence-electron chi connectivity index (χ4n) is 1.76. The maximum atomic E-state index is 5.86. The fourth-order valence-corrected chi connectivity index (χ4v) is 1.76. The molecule has 0 spiro atoms. The Bertz CT molecular complexity index is 424. The lowest BCUT2D eigenvalue weighted by molar-refractivity contribution is 0.308. The van der Waals surface area contributed by atoms with Crippen LogP contribution in [0.5, 0.6) is 5.75 Å². The summed E-state index contributed by atoms with van der Waals surface area (Å²) >= 11 is 0. The molecule has 2 heteroatoms. The summed E-state index contributed by atoms with van der Waals surface area (Å²) in [6.45, 7) is 10.7. The molecule has 0 saturated heterocycles. The third kappa shape index (κ3) is 4.43. The van der Waals surface area contributed by atoms with Gasteiger partial charge in [-0.25, -0.2) is 0 Å². The minimum absolute atomic E-state index is 0.0925. The van der Waals surface area contributed by atoms with Gasteiger partial charge >= 0.3 is 0 Å². The maximum Gasteiger partial charge on any atom is 0.123 e. The van der Waals surface area contributed by atoms with Gasteiger partial charge in [-0.1, -0.05) is 38.8 Å². The van der Waals surface area contributed by atoms with Crippen molar-refractivity contribution in [3.8, 4) is 18.1 Å². The van der Waals surface area contributed by atoms with Crippen LogP contribution in [0.2, 0.25) is 0 Å². The zero-order valence-corrected chi connectivity index (χ0v) is 11.8. The molecule has 0 saturated carbocycles. The topological polar surface area (TPSA) is 21.3 Å². The number of ether oxygens (including phenoxy) is 1. The van der Waals surface area contributed by atoms with Crippen molar-refractivity contribution >= 4 is 0 Å². The first kappa shape index (κ1) is 14.6. The number of rotatable bonds is 5. The van der Waals surface area contributed by atoms with E-state index >= 15 is 0 Å². The fraction of sp³-hybridized carbons (Fsp3) is 0.500. The van der Waals surface area contributed by atoms with E-state index in [0.29, 0.717) is 13.2 Å². The van der Waals surface area contributed by atoms with Gasteiger partial charge in [-0.2, -0.15) is 0 Å². The molecule has 0 aromatic heterocycles. The molecule has 0 heterocycles. The molecule has 0 aliphatic rings. The highest BCUT2D eigenvalue weighted by molar-refractivity contribution is 5.41. The summed E-state index contributed by atoms with van der Waals surface area (Å²) in [6, 6.07) is 6.38. The highest BCUT2D eigenvalue weighted by Crippen LogP contribution is 2.31. The molecule has 0 radical (unpaired) electrons. The normalized spacial score (nSPS) is 11.1. The van der Waals surface area contributed by atoms with Crippen LogP contribution in [0.3, 0.4) is 0 Å². The summed E-state index contributed by atoms with van der Waals surface area (Å²) in [5, 5.41) is 3.12. The van der Waals surface area contributed by atoms with E-state index in [1.54, 1.807) is 0 Å². The van der Waals surface area contributed by atoms with Crippen molar-refractivity contribution in [2.45, 2.75) is 33.1 Å². The molecule has 0 aliphatic carbocycles. The molecule has 18 heavy (non-hydrogen) atoms. The molecule has 0 aliphatic heterocycles. The number of aryl methyl sites for hydroxylation is 1. The minimum Gasteiger partial charge on any atom is -0.492 e. The van der Waals surface area contributed by atoms with Crippen molar-refractivity contribution in [1.29, 1.82) is 0 Å². The van der Waals surface area contributed by atoms with Gasteiger partial charge in [0.25, 0.3) is 0 Å². The van der Waals surface area contributed by atoms with Gasteiger partial charge in [-0.3, -0.25) is 0 Å². The molecule has 0 atom stereocenters. The average Bonchev–Trinajstić information content (AvgIpc) is 2.27. The van der Waals surface area contributed by atoms with Crippen molar-refractivity contribution in [2.24, 2.45) is 0 Å². The van der Waals surface area contributed by atoms with E-state index in [4.69, 9.17) is 11.2 Å². The molecule has 1 aromatic carbocycles. The Morgan fingerprint density at radius 2 is 2.06 bits per heavy atom. The van der Waals surface area contributed by atoms with Crippen LogP contribution >= 0.6 is 0 Å². The van der Waals surface area contributed by atoms with Crippen LogP contribution in [0.15, 0.2) is 18.2 Å². The Morgan fingerprint density at radius 1 is 1.33 bits per heavy atom. The zero-order valence-electron chi connectivity index (χ0n) is 11.8. The molecule has 0 unspecified atom stereocenters. The van der Waals surface area contributed by atoms with Crippen LogP contribution in [-0.2, 0) is 5.41 Å². The van der Waals surface area contributed by atoms with Gasteiger partial charge < -0.3 is 10.1 Å². The summed E-state index contributed by atoms with van der Waals surface area (Å²) in [7, 11) is 0. The van der Waals surface area contributed by atoms with Crippen molar-refractivity contribution in [3.05, 3.63) is 29.3 Å². The van der Waals surface area contributed by atoms with E-state index < -0.39 is 0 Å². The lowest BCUT2D eigenvalue weighted by Crippen LogP contribution is -2.22. The standard InChI is InChI=1S/C16H23NO/c1-6-9-17-10-11-18-15-12-13(2)7-8-14(15)16(3,4)5/h1,7-8,12,17H,9-11H2,2-5H3. The number of nitrogens with one attached hydrogen (secondary N) is 1. The monoisotopic (exact) mass is 245 g/mol. The first-order chi connectivity index (χ1) is 8.45. The van der Waals surface area contributed by atoms with Crippen LogP contribution in [0.1, 0.15) is 31.9 Å². The Kier molecular flexibility index (Phi) is 5.25. The van der Waals surface area contributed by atoms with Gasteiger partial charge in [0.05, 0.1) is 6.54 Å². The van der Waals surface area contributed by atoms with Gasteiger partial charge in [0.15, 0.2) is 0 Å². The predicted molar refractivity (Wildman–Crippen MR) is 77.1 cm³/mol. The zero-order chi connectivity index (χ0) is 13.6. The lowest BCUT2D eigenvalue weighted by Gasteiger charge is -2.23. The summed E-state index contributed by atoms with van der Waals surface area (Å²) in [6.07, 6.45) is 5.17. The minimum atomic E-state index is 0.0925. The third-order valence-corrected chi connectivity index (χ3v) is 2.71. The van der Waals surface area contributed by atoms with Crippen LogP contribution in [0.4, 0.5) is 0 Å². The van der Waals surface area contributed by atoms with Gasteiger partial charge in [0.2, 0.25) is 0 Å². The van der Waals surface area contributed by atoms with Crippen LogP contribution in [0, 0.1) is 19.3 Å². The van der Waals surface area contributed by atoms with Gasteiger partial charge in [-0.15, -0.1) is 6.42 Å². The van der Waals surface area contributed by atoms with Crippen molar-refractivity contribution in [2.75, 3.05) is 19.7 Å². The van der Waals surface area contributed by atoms with Gasteiger partial charge in [0, 0.05) is 6.54 Å². The molecule has 98 valence electrons. The second-order valence-corrected chi connectivity index (χ2v) is 5.48. The highest BCUT2D eigenvalue weighted by Gasteiger charge is 2.18. The molecule has 0 fully saturated rings. The second kappa shape index (κ2) is 6.47. The first-order valence-electron chi connectivity index (χ1n) is 6.33. The molecule has 0 amide bonds. The largest absolute Gasteiger partial charge is 0.492 e. The van der Waals surface area contributed by atoms with E-state index in [2.05, 4.69) is 57.1 Å². The molecule has 2 nitrogen and oxygen atoms in total. The Hall–Kier alpha value is -1.46. The molecule has 1 rings (SSSR count). The molecular formula is C16H23NO. The first-order valence-corrected chi connectivity index (χ1v) is 6.33. The number of terminal acetylenes is 1. The smallest absolute Gasteiger partial charge is 0.123 e. The number of benzene rings is 1. The predicted octanol–water partition coefficient (Wildman–Crippen LogP) is 2.89. The molecular weight excluding hydrogens is 222 g/mol. The van der Waals surface area contributed by atoms with Crippen LogP contribution in [0.25, 0.3) is 0 Å². The van der Waals surface area contributed by atoms with E-state index in [0.717, 1.165) is 12.3 Å². The highest BCUT2D eigenvalue weighted by atomic mass is 16.5. The van der Waals surface area contributed by atoms with Crippen molar-refractivity contribution in [3.63, 3.8) is 0 Å². The van der Waals surface area contributed by atoms with Crippen LogP contribution in [-0.4, -0.2) is 19.7 Å². The maximum absolute atomic E-state index is 5.86. The Morgan fingerprint density at radius 3 is 2.67 bits per heavy atom. The van der Waals surface area contributed by atoms with Crippen molar-refractivity contribution in [1.82, 2.24) is 5.32 Å². The summed E-state index contributed by atoms with van der Waals surface area (Å²) in [4.78, 5) is 0. The van der Waals surface area contributed by atoms with E-state index in [1.165, 1.54) is 11.1 Å². The summed E-state index contributed by atoms with van der Waals surface area (Å²) in [5.41, 5.74) is 2.55. The number of hydrogen-bond donors (Lipinski definition) is 1. The molecule has 1 N–H and O–H groups in total. The SMILES string of the molecule is C#CCNCCOc1cc(C)ccc1C(C)(C)C. The van der Waals surface area contributed by atoms with E-state index in [1.807, 2.05) is 0 Å². The third-order valence-electron chi connectivity index (χ3n) is 2.71. The molecule has 1 aromatic rings. The average molecular weight is 245 g/mol. The van der Waals surface area contributed by atoms with Gasteiger partial charge in [-0.05, 0) is 29.5 Å². The second-order valence-electron chi connectivity index (χ2n) is 5.48. The van der Waals surface area contributed by atoms with Gasteiger partial charge in [0.1, 0.15) is 12.4 Å². The Labute approximate surface area is 111 Å². The summed E-state index contributed by atoms with van der Waals surface area (Å²) in [5.74, 6) is 3.52. The van der Waals surface area contributed by atoms with Crippen LogP contribution < -0.4 is 10.1 Å². The lowest BCUT2D eigenvalue weighted by atomic mass is 9.86. The number of hydrogen-bond acceptors (Lipinski definition) is 2. The molecule has 0 bridgehead atoms. The van der Waals surface area contributed by atoms with E-state index in [9.17, 15) is 0 Å². The quantitative estimate of drug-likeness (QED) is 0.636. The Balaban J connectivity index is 2.69.